The van der Waals surface area contributed by atoms with Crippen molar-refractivity contribution >= 4 is 11.9 Å². The molecule has 0 aliphatic heterocycles. The zero-order valence-corrected chi connectivity index (χ0v) is 11.3. The van der Waals surface area contributed by atoms with Crippen LogP contribution in [0.5, 0.6) is 0 Å². The molecule has 1 aromatic carbocycles. The van der Waals surface area contributed by atoms with E-state index in [-0.39, 0.29) is 25.6 Å². The fourth-order valence-electron chi connectivity index (χ4n) is 1.61. The number of nitrogens with zero attached hydrogens (tertiary/aromatic N) is 2. The van der Waals surface area contributed by atoms with Crippen LogP contribution in [0.1, 0.15) is 22.8 Å². The molecule has 104 valence electrons. The molecule has 20 heavy (non-hydrogen) atoms. The van der Waals surface area contributed by atoms with Crippen molar-refractivity contribution < 1.29 is 14.3 Å². The molecule has 5 heteroatoms. The Morgan fingerprint density at radius 2 is 2.05 bits per heavy atom. The van der Waals surface area contributed by atoms with Gasteiger partial charge < -0.3 is 9.64 Å². The third-order valence-electron chi connectivity index (χ3n) is 2.52. The number of hydrogen-bond acceptors (Lipinski definition) is 4. The molecule has 0 saturated carbocycles. The second kappa shape index (κ2) is 7.74. The lowest BCUT2D eigenvalue weighted by molar-refractivity contribution is -0.143. The first kappa shape index (κ1) is 15.4. The van der Waals surface area contributed by atoms with Crippen LogP contribution in [-0.4, -0.2) is 36.5 Å². The van der Waals surface area contributed by atoms with Crippen LogP contribution < -0.4 is 0 Å². The van der Waals surface area contributed by atoms with Crippen LogP contribution in [-0.2, 0) is 9.53 Å². The third kappa shape index (κ3) is 4.25. The number of carbonyl (C=O) groups excluding carboxylic acids is 2. The minimum Gasteiger partial charge on any atom is -0.465 e. The smallest absolute Gasteiger partial charge is 0.325 e. The van der Waals surface area contributed by atoms with E-state index in [4.69, 9.17) is 10.00 Å². The number of ether oxygens (including phenoxy) is 1. The van der Waals surface area contributed by atoms with Gasteiger partial charge in [-0.25, -0.2) is 0 Å². The van der Waals surface area contributed by atoms with Crippen LogP contribution in [0.25, 0.3) is 0 Å². The predicted octanol–water partition coefficient (Wildman–Crippen LogP) is 1.75. The largest absolute Gasteiger partial charge is 0.465 e. The van der Waals surface area contributed by atoms with Gasteiger partial charge in [0, 0.05) is 12.1 Å². The highest BCUT2D eigenvalue weighted by Gasteiger charge is 2.18. The van der Waals surface area contributed by atoms with Gasteiger partial charge in [0.1, 0.15) is 6.54 Å². The molecule has 0 aromatic heterocycles. The molecule has 0 spiro atoms. The van der Waals surface area contributed by atoms with Gasteiger partial charge in [0.15, 0.2) is 0 Å². The predicted molar refractivity (Wildman–Crippen MR) is 73.9 cm³/mol. The lowest BCUT2D eigenvalue weighted by Crippen LogP contribution is -2.36. The van der Waals surface area contributed by atoms with Crippen LogP contribution in [0.3, 0.4) is 0 Å². The molecular weight excluding hydrogens is 256 g/mol. The fraction of sp³-hybridized carbons (Fsp3) is 0.267. The van der Waals surface area contributed by atoms with Gasteiger partial charge in [0.05, 0.1) is 18.2 Å². The number of carbonyl (C=O) groups is 2. The summed E-state index contributed by atoms with van der Waals surface area (Å²) >= 11 is 0. The zero-order chi connectivity index (χ0) is 15.0. The number of rotatable bonds is 6. The van der Waals surface area contributed by atoms with E-state index in [1.54, 1.807) is 37.3 Å². The van der Waals surface area contributed by atoms with Crippen molar-refractivity contribution in [2.24, 2.45) is 0 Å². The Kier molecular flexibility index (Phi) is 5.98. The Bertz CT molecular complexity index is 529. The molecule has 0 fully saturated rings. The second-order valence-corrected chi connectivity index (χ2v) is 3.97. The molecule has 0 heterocycles. The van der Waals surface area contributed by atoms with Crippen LogP contribution in [0, 0.1) is 11.3 Å². The Morgan fingerprint density at radius 1 is 1.40 bits per heavy atom. The normalized spacial score (nSPS) is 9.40. The zero-order valence-electron chi connectivity index (χ0n) is 11.3. The Labute approximate surface area is 118 Å². The van der Waals surface area contributed by atoms with Gasteiger partial charge in [0.2, 0.25) is 0 Å². The van der Waals surface area contributed by atoms with E-state index in [1.165, 1.54) is 4.90 Å². The fourth-order valence-corrected chi connectivity index (χ4v) is 1.61. The van der Waals surface area contributed by atoms with Gasteiger partial charge in [-0.2, -0.15) is 5.26 Å². The third-order valence-corrected chi connectivity index (χ3v) is 2.52. The van der Waals surface area contributed by atoms with Crippen LogP contribution in [0.4, 0.5) is 0 Å². The molecule has 1 amide bonds. The molecule has 0 saturated heterocycles. The number of esters is 1. The molecular formula is C15H16N2O3. The maximum atomic E-state index is 12.3. The van der Waals surface area contributed by atoms with Crippen molar-refractivity contribution in [3.05, 3.63) is 48.0 Å². The molecule has 0 unspecified atom stereocenters. The summed E-state index contributed by atoms with van der Waals surface area (Å²) in [6, 6.07) is 8.22. The number of nitriles is 1. The highest BCUT2D eigenvalue weighted by molar-refractivity contribution is 5.96. The van der Waals surface area contributed by atoms with Crippen molar-refractivity contribution in [3.63, 3.8) is 0 Å². The number of benzene rings is 1. The average Bonchev–Trinajstić information content (AvgIpc) is 2.46. The van der Waals surface area contributed by atoms with E-state index < -0.39 is 5.97 Å². The van der Waals surface area contributed by atoms with Gasteiger partial charge in [-0.3, -0.25) is 9.59 Å². The first-order chi connectivity index (χ1) is 9.62. The molecule has 0 aliphatic rings. The Balaban J connectivity index is 2.84. The summed E-state index contributed by atoms with van der Waals surface area (Å²) in [5.41, 5.74) is 0.886. The molecule has 0 radical (unpaired) electrons. The summed E-state index contributed by atoms with van der Waals surface area (Å²) in [6.45, 7) is 5.67. The summed E-state index contributed by atoms with van der Waals surface area (Å²) in [5, 5.41) is 8.72. The Morgan fingerprint density at radius 3 is 2.55 bits per heavy atom. The molecule has 0 bridgehead atoms. The molecule has 0 N–H and O–H groups in total. The quantitative estimate of drug-likeness (QED) is 0.584. The summed E-state index contributed by atoms with van der Waals surface area (Å²) < 4.78 is 4.83. The summed E-state index contributed by atoms with van der Waals surface area (Å²) in [4.78, 5) is 25.1. The molecule has 1 rings (SSSR count). The molecule has 5 nitrogen and oxygen atoms in total. The minimum absolute atomic E-state index is 0.126. The van der Waals surface area contributed by atoms with Crippen LogP contribution >= 0.6 is 0 Å². The lowest BCUT2D eigenvalue weighted by Gasteiger charge is -2.20. The van der Waals surface area contributed by atoms with E-state index in [0.29, 0.717) is 11.1 Å². The molecule has 0 atom stereocenters. The highest BCUT2D eigenvalue weighted by atomic mass is 16.5. The first-order valence-corrected chi connectivity index (χ1v) is 6.18. The van der Waals surface area contributed by atoms with Crippen molar-refractivity contribution in [1.82, 2.24) is 4.90 Å². The van der Waals surface area contributed by atoms with E-state index in [2.05, 4.69) is 6.58 Å². The van der Waals surface area contributed by atoms with Crippen LogP contribution in [0.15, 0.2) is 36.9 Å². The monoisotopic (exact) mass is 272 g/mol. The number of amides is 1. The number of hydrogen-bond donors (Lipinski definition) is 0. The van der Waals surface area contributed by atoms with Crippen molar-refractivity contribution in [1.29, 1.82) is 5.26 Å². The maximum Gasteiger partial charge on any atom is 0.325 e. The SMILES string of the molecule is C=CCN(CC(=O)OCC)C(=O)c1ccc(C#N)cc1. The van der Waals surface area contributed by atoms with Gasteiger partial charge in [-0.05, 0) is 31.2 Å². The van der Waals surface area contributed by atoms with Gasteiger partial charge in [-0.1, -0.05) is 6.08 Å². The average molecular weight is 272 g/mol. The maximum absolute atomic E-state index is 12.3. The van der Waals surface area contributed by atoms with Gasteiger partial charge >= 0.3 is 5.97 Å². The summed E-state index contributed by atoms with van der Waals surface area (Å²) in [5.74, 6) is -0.765. The van der Waals surface area contributed by atoms with E-state index in [1.807, 2.05) is 6.07 Å². The summed E-state index contributed by atoms with van der Waals surface area (Å²) in [7, 11) is 0. The molecule has 1 aromatic rings. The first-order valence-electron chi connectivity index (χ1n) is 6.18. The van der Waals surface area contributed by atoms with E-state index >= 15 is 0 Å². The van der Waals surface area contributed by atoms with Crippen LogP contribution in [0.2, 0.25) is 0 Å². The standard InChI is InChI=1S/C15H16N2O3/c1-3-9-17(11-14(18)20-4-2)15(19)13-7-5-12(10-16)6-8-13/h3,5-8H,1,4,9,11H2,2H3. The van der Waals surface area contributed by atoms with E-state index in [0.717, 1.165) is 0 Å². The van der Waals surface area contributed by atoms with Crippen molar-refractivity contribution in [3.8, 4) is 6.07 Å². The van der Waals surface area contributed by atoms with Crippen molar-refractivity contribution in [2.45, 2.75) is 6.92 Å². The topological polar surface area (TPSA) is 70.4 Å². The Hall–Kier alpha value is -2.61. The van der Waals surface area contributed by atoms with Gasteiger partial charge in [-0.15, -0.1) is 6.58 Å². The minimum atomic E-state index is -0.462. The van der Waals surface area contributed by atoms with Gasteiger partial charge in [0.25, 0.3) is 5.91 Å². The summed E-state index contributed by atoms with van der Waals surface area (Å²) in [6.07, 6.45) is 1.54. The highest BCUT2D eigenvalue weighted by Crippen LogP contribution is 2.07. The second-order valence-electron chi connectivity index (χ2n) is 3.97. The van der Waals surface area contributed by atoms with E-state index in [9.17, 15) is 9.59 Å². The van der Waals surface area contributed by atoms with Crippen molar-refractivity contribution in [2.75, 3.05) is 19.7 Å². The lowest BCUT2D eigenvalue weighted by atomic mass is 10.1. The molecule has 0 aliphatic carbocycles.